The van der Waals surface area contributed by atoms with Crippen LogP contribution in [0, 0.1) is 0 Å². The first-order valence-electron chi connectivity index (χ1n) is 5.90. The zero-order chi connectivity index (χ0) is 12.5. The van der Waals surface area contributed by atoms with Gasteiger partial charge in [-0.2, -0.15) is 0 Å². The molecule has 0 heterocycles. The molecule has 0 radical (unpaired) electrons. The van der Waals surface area contributed by atoms with Crippen LogP contribution in [0.2, 0.25) is 0 Å². The van der Waals surface area contributed by atoms with Gasteiger partial charge in [0.1, 0.15) is 0 Å². The summed E-state index contributed by atoms with van der Waals surface area (Å²) in [6, 6.07) is 8.14. The molecule has 1 aromatic rings. The Hall–Kier alpha value is -0.940. The first-order valence-corrected chi connectivity index (χ1v) is 5.90. The number of aliphatic hydroxyl groups excluding tert-OH is 1. The van der Waals surface area contributed by atoms with E-state index in [1.54, 1.807) is 7.11 Å². The zero-order valence-electron chi connectivity index (χ0n) is 10.4. The largest absolute Gasteiger partial charge is 0.395 e. The molecule has 0 aliphatic carbocycles. The van der Waals surface area contributed by atoms with E-state index in [-0.39, 0.29) is 6.61 Å². The van der Waals surface area contributed by atoms with E-state index < -0.39 is 0 Å². The minimum Gasteiger partial charge on any atom is -0.395 e. The normalized spacial score (nSPS) is 11.1. The molecule has 0 aliphatic heterocycles. The second-order valence-electron chi connectivity index (χ2n) is 3.97. The summed E-state index contributed by atoms with van der Waals surface area (Å²) in [5.41, 5.74) is 8.09. The average Bonchev–Trinajstić information content (AvgIpc) is 2.37. The maximum absolute atomic E-state index is 9.03. The standard InChI is InChI=1S/C13H22N2O2/c1-17-9-7-15(6-8-16)11-13-5-3-2-4-12(13)10-14/h2-5,16H,6-11,14H2,1H3. The Balaban J connectivity index is 2.63. The molecule has 0 amide bonds. The van der Waals surface area contributed by atoms with Gasteiger partial charge in [-0.1, -0.05) is 24.3 Å². The number of nitrogens with zero attached hydrogens (tertiary/aromatic N) is 1. The fraction of sp³-hybridized carbons (Fsp3) is 0.538. The summed E-state index contributed by atoms with van der Waals surface area (Å²) in [6.45, 7) is 3.65. The van der Waals surface area contributed by atoms with Crippen molar-refractivity contribution >= 4 is 0 Å². The third-order valence-corrected chi connectivity index (χ3v) is 2.76. The van der Waals surface area contributed by atoms with E-state index in [4.69, 9.17) is 15.6 Å². The van der Waals surface area contributed by atoms with Gasteiger partial charge in [-0.3, -0.25) is 4.90 Å². The predicted octanol–water partition coefficient (Wildman–Crippen LogP) is 0.586. The molecule has 0 bridgehead atoms. The number of aliphatic hydroxyl groups is 1. The first-order chi connectivity index (χ1) is 8.31. The van der Waals surface area contributed by atoms with Crippen molar-refractivity contribution in [2.45, 2.75) is 13.1 Å². The summed E-state index contributed by atoms with van der Waals surface area (Å²) in [5.74, 6) is 0. The van der Waals surface area contributed by atoms with Gasteiger partial charge in [0, 0.05) is 33.3 Å². The minimum atomic E-state index is 0.161. The highest BCUT2D eigenvalue weighted by Crippen LogP contribution is 2.10. The zero-order valence-corrected chi connectivity index (χ0v) is 10.4. The number of ether oxygens (including phenoxy) is 1. The van der Waals surface area contributed by atoms with Crippen molar-refractivity contribution < 1.29 is 9.84 Å². The van der Waals surface area contributed by atoms with Gasteiger partial charge in [-0.15, -0.1) is 0 Å². The van der Waals surface area contributed by atoms with E-state index in [1.807, 2.05) is 18.2 Å². The van der Waals surface area contributed by atoms with E-state index in [0.717, 1.165) is 18.7 Å². The van der Waals surface area contributed by atoms with Crippen molar-refractivity contribution in [1.82, 2.24) is 4.90 Å². The lowest BCUT2D eigenvalue weighted by Gasteiger charge is -2.22. The van der Waals surface area contributed by atoms with Crippen molar-refractivity contribution in [3.63, 3.8) is 0 Å². The van der Waals surface area contributed by atoms with Crippen molar-refractivity contribution in [1.29, 1.82) is 0 Å². The average molecular weight is 238 g/mol. The lowest BCUT2D eigenvalue weighted by atomic mass is 10.1. The maximum atomic E-state index is 9.03. The molecule has 0 fully saturated rings. The van der Waals surface area contributed by atoms with Crippen LogP contribution in [0.4, 0.5) is 0 Å². The fourth-order valence-corrected chi connectivity index (χ4v) is 1.78. The van der Waals surface area contributed by atoms with Gasteiger partial charge in [0.05, 0.1) is 13.2 Å². The van der Waals surface area contributed by atoms with Crippen LogP contribution in [0.25, 0.3) is 0 Å². The molecule has 96 valence electrons. The molecule has 0 saturated carbocycles. The topological polar surface area (TPSA) is 58.7 Å². The van der Waals surface area contributed by atoms with Gasteiger partial charge in [0.25, 0.3) is 0 Å². The van der Waals surface area contributed by atoms with Crippen LogP contribution in [0.15, 0.2) is 24.3 Å². The summed E-state index contributed by atoms with van der Waals surface area (Å²) < 4.78 is 5.06. The lowest BCUT2D eigenvalue weighted by Crippen LogP contribution is -2.30. The van der Waals surface area contributed by atoms with Gasteiger partial charge < -0.3 is 15.6 Å². The Bertz CT molecular complexity index is 318. The van der Waals surface area contributed by atoms with Crippen molar-refractivity contribution in [3.8, 4) is 0 Å². The highest BCUT2D eigenvalue weighted by Gasteiger charge is 2.07. The van der Waals surface area contributed by atoms with Gasteiger partial charge in [-0.05, 0) is 11.1 Å². The number of nitrogens with two attached hydrogens (primary N) is 1. The van der Waals surface area contributed by atoms with Crippen molar-refractivity contribution in [3.05, 3.63) is 35.4 Å². The Kier molecular flexibility index (Phi) is 6.81. The first kappa shape index (κ1) is 14.1. The highest BCUT2D eigenvalue weighted by atomic mass is 16.5. The lowest BCUT2D eigenvalue weighted by molar-refractivity contribution is 0.126. The molecule has 0 unspecified atom stereocenters. The van der Waals surface area contributed by atoms with Crippen LogP contribution in [0.5, 0.6) is 0 Å². The third-order valence-electron chi connectivity index (χ3n) is 2.76. The molecule has 1 aromatic carbocycles. The second kappa shape index (κ2) is 8.20. The monoisotopic (exact) mass is 238 g/mol. The number of benzene rings is 1. The molecule has 0 aromatic heterocycles. The minimum absolute atomic E-state index is 0.161. The number of hydrogen-bond donors (Lipinski definition) is 2. The summed E-state index contributed by atoms with van der Waals surface area (Å²) in [6.07, 6.45) is 0. The molecule has 17 heavy (non-hydrogen) atoms. The molecule has 4 heteroatoms. The Morgan fingerprint density at radius 2 is 1.94 bits per heavy atom. The molecule has 0 saturated heterocycles. The van der Waals surface area contributed by atoms with Crippen molar-refractivity contribution in [2.24, 2.45) is 5.73 Å². The van der Waals surface area contributed by atoms with Crippen LogP contribution >= 0.6 is 0 Å². The summed E-state index contributed by atoms with van der Waals surface area (Å²) in [7, 11) is 1.69. The summed E-state index contributed by atoms with van der Waals surface area (Å²) in [4.78, 5) is 2.16. The Labute approximate surface area is 103 Å². The summed E-state index contributed by atoms with van der Waals surface area (Å²) >= 11 is 0. The highest BCUT2D eigenvalue weighted by molar-refractivity contribution is 5.26. The van der Waals surface area contributed by atoms with E-state index in [2.05, 4.69) is 11.0 Å². The molecule has 1 rings (SSSR count). The fourth-order valence-electron chi connectivity index (χ4n) is 1.78. The SMILES string of the molecule is COCCN(CCO)Cc1ccccc1CN. The van der Waals surface area contributed by atoms with Crippen LogP contribution in [0.1, 0.15) is 11.1 Å². The van der Waals surface area contributed by atoms with Gasteiger partial charge >= 0.3 is 0 Å². The smallest absolute Gasteiger partial charge is 0.0589 e. The Morgan fingerprint density at radius 1 is 1.24 bits per heavy atom. The number of hydrogen-bond acceptors (Lipinski definition) is 4. The summed E-state index contributed by atoms with van der Waals surface area (Å²) in [5, 5.41) is 9.03. The number of rotatable bonds is 8. The third kappa shape index (κ3) is 4.83. The van der Waals surface area contributed by atoms with Gasteiger partial charge in [0.2, 0.25) is 0 Å². The molecular formula is C13H22N2O2. The van der Waals surface area contributed by atoms with Crippen LogP contribution in [-0.2, 0) is 17.8 Å². The maximum Gasteiger partial charge on any atom is 0.0589 e. The Morgan fingerprint density at radius 3 is 2.53 bits per heavy atom. The van der Waals surface area contributed by atoms with Crippen LogP contribution in [0.3, 0.4) is 0 Å². The van der Waals surface area contributed by atoms with Gasteiger partial charge in [0.15, 0.2) is 0 Å². The van der Waals surface area contributed by atoms with E-state index in [0.29, 0.717) is 19.7 Å². The molecular weight excluding hydrogens is 216 g/mol. The molecule has 0 spiro atoms. The van der Waals surface area contributed by atoms with Crippen LogP contribution in [-0.4, -0.2) is 43.4 Å². The van der Waals surface area contributed by atoms with Gasteiger partial charge in [-0.25, -0.2) is 0 Å². The quantitative estimate of drug-likeness (QED) is 0.696. The van der Waals surface area contributed by atoms with Crippen molar-refractivity contribution in [2.75, 3.05) is 33.4 Å². The molecule has 0 aliphatic rings. The molecule has 4 nitrogen and oxygen atoms in total. The molecule has 0 atom stereocenters. The van der Waals surface area contributed by atoms with E-state index >= 15 is 0 Å². The number of methoxy groups -OCH3 is 1. The second-order valence-corrected chi connectivity index (χ2v) is 3.97. The van der Waals surface area contributed by atoms with E-state index in [9.17, 15) is 0 Å². The molecule has 3 N–H and O–H groups in total. The van der Waals surface area contributed by atoms with Crippen LogP contribution < -0.4 is 5.73 Å². The predicted molar refractivity (Wildman–Crippen MR) is 68.6 cm³/mol. The van der Waals surface area contributed by atoms with E-state index in [1.165, 1.54) is 5.56 Å².